The van der Waals surface area contributed by atoms with E-state index in [-0.39, 0.29) is 0 Å². The van der Waals surface area contributed by atoms with Gasteiger partial charge < -0.3 is 19.4 Å². The van der Waals surface area contributed by atoms with Crippen molar-refractivity contribution in [2.45, 2.75) is 0 Å². The smallest absolute Gasteiger partial charge is 0.134 e. The molecule has 0 bridgehead atoms. The number of halogens is 1. The lowest BCUT2D eigenvalue weighted by Crippen LogP contribution is -2.47. The SMILES string of the molecule is Brc1ccc(N2CCN(c3cc(N4CCOCC4)ncn3)CC2)nc1. The summed E-state index contributed by atoms with van der Waals surface area (Å²) in [6.45, 7) is 7.03. The molecule has 8 heteroatoms. The molecule has 0 N–H and O–H groups in total. The maximum Gasteiger partial charge on any atom is 0.134 e. The van der Waals surface area contributed by atoms with Crippen LogP contribution in [0.25, 0.3) is 0 Å². The molecule has 0 radical (unpaired) electrons. The molecule has 2 aliphatic rings. The number of ether oxygens (including phenoxy) is 1. The molecule has 0 amide bonds. The Labute approximate surface area is 155 Å². The minimum absolute atomic E-state index is 0.762. The fourth-order valence-corrected chi connectivity index (χ4v) is 3.43. The number of piperazine rings is 1. The second kappa shape index (κ2) is 7.53. The number of aromatic nitrogens is 3. The Morgan fingerprint density at radius 3 is 1.96 bits per heavy atom. The zero-order valence-electron chi connectivity index (χ0n) is 14.0. The van der Waals surface area contributed by atoms with E-state index in [1.54, 1.807) is 6.33 Å². The Morgan fingerprint density at radius 2 is 1.36 bits per heavy atom. The summed E-state index contributed by atoms with van der Waals surface area (Å²) in [5.41, 5.74) is 0. The Hall–Kier alpha value is -1.93. The highest BCUT2D eigenvalue weighted by atomic mass is 79.9. The van der Waals surface area contributed by atoms with Crippen molar-refractivity contribution in [2.24, 2.45) is 0 Å². The topological polar surface area (TPSA) is 57.6 Å². The number of pyridine rings is 1. The van der Waals surface area contributed by atoms with E-state index in [0.29, 0.717) is 0 Å². The molecule has 4 heterocycles. The van der Waals surface area contributed by atoms with Gasteiger partial charge in [-0.15, -0.1) is 0 Å². The molecule has 2 aliphatic heterocycles. The highest BCUT2D eigenvalue weighted by Crippen LogP contribution is 2.22. The van der Waals surface area contributed by atoms with Crippen LogP contribution < -0.4 is 14.7 Å². The van der Waals surface area contributed by atoms with Gasteiger partial charge in [0.2, 0.25) is 0 Å². The summed E-state index contributed by atoms with van der Waals surface area (Å²) in [6, 6.07) is 6.19. The molecule has 2 aromatic heterocycles. The molecule has 2 aromatic rings. The van der Waals surface area contributed by atoms with Crippen LogP contribution in [0.4, 0.5) is 17.5 Å². The van der Waals surface area contributed by atoms with Crippen molar-refractivity contribution >= 4 is 33.4 Å². The summed E-state index contributed by atoms with van der Waals surface area (Å²) in [7, 11) is 0. The summed E-state index contributed by atoms with van der Waals surface area (Å²) in [4.78, 5) is 20.3. The summed E-state index contributed by atoms with van der Waals surface area (Å²) in [5.74, 6) is 3.02. The van der Waals surface area contributed by atoms with Crippen molar-refractivity contribution in [1.82, 2.24) is 15.0 Å². The van der Waals surface area contributed by atoms with Crippen LogP contribution in [0.15, 0.2) is 35.2 Å². The summed E-state index contributed by atoms with van der Waals surface area (Å²) >= 11 is 3.43. The molecule has 4 rings (SSSR count). The zero-order valence-corrected chi connectivity index (χ0v) is 15.6. The van der Waals surface area contributed by atoms with E-state index in [1.165, 1.54) is 0 Å². The first-order valence-electron chi connectivity index (χ1n) is 8.56. The lowest BCUT2D eigenvalue weighted by atomic mass is 10.3. The molecule has 0 aromatic carbocycles. The second-order valence-corrected chi connectivity index (χ2v) is 7.06. The van der Waals surface area contributed by atoms with Gasteiger partial charge in [0.1, 0.15) is 23.8 Å². The molecule has 0 spiro atoms. The average Bonchev–Trinajstić information content (AvgIpc) is 2.70. The molecule has 0 unspecified atom stereocenters. The fraction of sp³-hybridized carbons (Fsp3) is 0.471. The zero-order chi connectivity index (χ0) is 17.1. The lowest BCUT2D eigenvalue weighted by Gasteiger charge is -2.36. The number of rotatable bonds is 3. The third-order valence-corrected chi connectivity index (χ3v) is 5.08. The largest absolute Gasteiger partial charge is 0.378 e. The minimum atomic E-state index is 0.762. The summed E-state index contributed by atoms with van der Waals surface area (Å²) in [5, 5.41) is 0. The predicted octanol–water partition coefficient (Wildman–Crippen LogP) is 1.80. The van der Waals surface area contributed by atoms with E-state index in [4.69, 9.17) is 4.74 Å². The molecule has 25 heavy (non-hydrogen) atoms. The van der Waals surface area contributed by atoms with Crippen LogP contribution in [0.1, 0.15) is 0 Å². The summed E-state index contributed by atoms with van der Waals surface area (Å²) in [6.07, 6.45) is 3.52. The monoisotopic (exact) mass is 404 g/mol. The quantitative estimate of drug-likeness (QED) is 0.772. The van der Waals surface area contributed by atoms with Gasteiger partial charge in [0.25, 0.3) is 0 Å². The third kappa shape index (κ3) is 3.85. The maximum absolute atomic E-state index is 5.42. The van der Waals surface area contributed by atoms with E-state index >= 15 is 0 Å². The van der Waals surface area contributed by atoms with Gasteiger partial charge in [-0.3, -0.25) is 0 Å². The Morgan fingerprint density at radius 1 is 0.760 bits per heavy atom. The molecule has 0 atom stereocenters. The first-order valence-corrected chi connectivity index (χ1v) is 9.35. The van der Waals surface area contributed by atoms with Crippen molar-refractivity contribution in [2.75, 3.05) is 67.2 Å². The van der Waals surface area contributed by atoms with Gasteiger partial charge in [0.05, 0.1) is 13.2 Å². The van der Waals surface area contributed by atoms with E-state index < -0.39 is 0 Å². The third-order valence-electron chi connectivity index (χ3n) is 4.61. The predicted molar refractivity (Wildman–Crippen MR) is 101 cm³/mol. The first-order chi connectivity index (χ1) is 12.3. The van der Waals surface area contributed by atoms with Crippen LogP contribution in [0, 0.1) is 0 Å². The van der Waals surface area contributed by atoms with Crippen molar-refractivity contribution in [1.29, 1.82) is 0 Å². The van der Waals surface area contributed by atoms with Gasteiger partial charge >= 0.3 is 0 Å². The van der Waals surface area contributed by atoms with Crippen LogP contribution in [-0.2, 0) is 4.74 Å². The van der Waals surface area contributed by atoms with E-state index in [1.807, 2.05) is 12.3 Å². The van der Waals surface area contributed by atoms with Crippen LogP contribution in [0.2, 0.25) is 0 Å². The molecule has 2 fully saturated rings. The number of hydrogen-bond acceptors (Lipinski definition) is 7. The van der Waals surface area contributed by atoms with E-state index in [0.717, 1.165) is 74.4 Å². The second-order valence-electron chi connectivity index (χ2n) is 6.14. The number of morpholine rings is 1. The molecule has 0 aliphatic carbocycles. The fourth-order valence-electron chi connectivity index (χ4n) is 3.20. The van der Waals surface area contributed by atoms with Crippen molar-refractivity contribution < 1.29 is 4.74 Å². The molecule has 7 nitrogen and oxygen atoms in total. The Bertz CT molecular complexity index is 699. The standard InChI is InChI=1S/C17H21BrN6O/c18-14-1-2-15(19-12-14)22-3-5-23(6-4-22)16-11-17(21-13-20-16)24-7-9-25-10-8-24/h1-2,11-13H,3-10H2. The van der Waals surface area contributed by atoms with Crippen molar-refractivity contribution in [3.63, 3.8) is 0 Å². The Kier molecular flexibility index (Phi) is 4.98. The van der Waals surface area contributed by atoms with Crippen LogP contribution >= 0.6 is 15.9 Å². The van der Waals surface area contributed by atoms with Gasteiger partial charge in [-0.25, -0.2) is 15.0 Å². The van der Waals surface area contributed by atoms with E-state index in [9.17, 15) is 0 Å². The Balaban J connectivity index is 1.41. The van der Waals surface area contributed by atoms with Crippen LogP contribution in [0.5, 0.6) is 0 Å². The number of anilines is 3. The van der Waals surface area contributed by atoms with Gasteiger partial charge in [-0.1, -0.05) is 0 Å². The van der Waals surface area contributed by atoms with Crippen LogP contribution in [0.3, 0.4) is 0 Å². The van der Waals surface area contributed by atoms with Crippen molar-refractivity contribution in [3.8, 4) is 0 Å². The number of nitrogens with zero attached hydrogens (tertiary/aromatic N) is 6. The molecule has 0 saturated carbocycles. The normalized spacial score (nSPS) is 18.5. The minimum Gasteiger partial charge on any atom is -0.378 e. The molecular weight excluding hydrogens is 384 g/mol. The highest BCUT2D eigenvalue weighted by molar-refractivity contribution is 9.10. The lowest BCUT2D eigenvalue weighted by molar-refractivity contribution is 0.122. The summed E-state index contributed by atoms with van der Waals surface area (Å²) < 4.78 is 6.43. The molecule has 132 valence electrons. The molecule has 2 saturated heterocycles. The van der Waals surface area contributed by atoms with Crippen molar-refractivity contribution in [3.05, 3.63) is 35.2 Å². The van der Waals surface area contributed by atoms with Gasteiger partial charge in [0, 0.05) is 56.0 Å². The van der Waals surface area contributed by atoms with Gasteiger partial charge in [-0.2, -0.15) is 0 Å². The van der Waals surface area contributed by atoms with E-state index in [2.05, 4.69) is 57.7 Å². The first kappa shape index (κ1) is 16.5. The van der Waals surface area contributed by atoms with Gasteiger partial charge in [0.15, 0.2) is 0 Å². The highest BCUT2D eigenvalue weighted by Gasteiger charge is 2.20. The average molecular weight is 405 g/mol. The van der Waals surface area contributed by atoms with Gasteiger partial charge in [-0.05, 0) is 28.1 Å². The van der Waals surface area contributed by atoms with Crippen LogP contribution in [-0.4, -0.2) is 67.4 Å². The number of hydrogen-bond donors (Lipinski definition) is 0. The maximum atomic E-state index is 5.42. The molecular formula is C17H21BrN6O.